The van der Waals surface area contributed by atoms with Crippen molar-refractivity contribution in [3.63, 3.8) is 0 Å². The summed E-state index contributed by atoms with van der Waals surface area (Å²) in [4.78, 5) is 15.1. The number of rotatable bonds is 1. The van der Waals surface area contributed by atoms with Crippen molar-refractivity contribution >= 4 is 28.5 Å². The molecule has 0 fully saturated rings. The van der Waals surface area contributed by atoms with Gasteiger partial charge in [-0.2, -0.15) is 0 Å². The van der Waals surface area contributed by atoms with Crippen LogP contribution in [0.3, 0.4) is 0 Å². The van der Waals surface area contributed by atoms with Crippen molar-refractivity contribution in [2.45, 2.75) is 6.92 Å². The van der Waals surface area contributed by atoms with Crippen LogP contribution in [-0.2, 0) is 0 Å². The fourth-order valence-corrected chi connectivity index (χ4v) is 1.69. The van der Waals surface area contributed by atoms with Crippen LogP contribution in [0.5, 0.6) is 0 Å². The van der Waals surface area contributed by atoms with Gasteiger partial charge in [-0.25, -0.2) is 9.18 Å². The van der Waals surface area contributed by atoms with Crippen molar-refractivity contribution in [2.75, 3.05) is 0 Å². The number of halogens is 2. The number of fused-ring (bicyclic) bond motifs is 1. The van der Waals surface area contributed by atoms with Gasteiger partial charge >= 0.3 is 5.97 Å². The SMILES string of the molecule is Cc1cc(C(=O)O)c2cc(Cl)c(F)cc2n1. The van der Waals surface area contributed by atoms with Gasteiger partial charge in [0, 0.05) is 17.1 Å². The van der Waals surface area contributed by atoms with Gasteiger partial charge < -0.3 is 5.11 Å². The number of aryl methyl sites for hydroxylation is 1. The summed E-state index contributed by atoms with van der Waals surface area (Å²) in [6, 6.07) is 3.85. The predicted molar refractivity (Wildman–Crippen MR) is 58.4 cm³/mol. The Kier molecular flexibility index (Phi) is 2.52. The van der Waals surface area contributed by atoms with Crippen molar-refractivity contribution in [2.24, 2.45) is 0 Å². The zero-order chi connectivity index (χ0) is 11.9. The lowest BCUT2D eigenvalue weighted by atomic mass is 10.1. The Morgan fingerprint density at radius 2 is 2.12 bits per heavy atom. The van der Waals surface area contributed by atoms with Gasteiger partial charge in [-0.1, -0.05) is 11.6 Å². The van der Waals surface area contributed by atoms with Gasteiger partial charge in [0.25, 0.3) is 0 Å². The molecule has 16 heavy (non-hydrogen) atoms. The molecular weight excluding hydrogens is 233 g/mol. The highest BCUT2D eigenvalue weighted by molar-refractivity contribution is 6.31. The maximum atomic E-state index is 13.2. The Hall–Kier alpha value is -1.68. The molecule has 0 saturated carbocycles. The minimum Gasteiger partial charge on any atom is -0.478 e. The number of carbonyl (C=O) groups is 1. The van der Waals surface area contributed by atoms with E-state index in [0.29, 0.717) is 16.6 Å². The molecule has 0 spiro atoms. The lowest BCUT2D eigenvalue weighted by Gasteiger charge is -2.05. The fourth-order valence-electron chi connectivity index (χ4n) is 1.53. The first kappa shape index (κ1) is 10.8. The molecule has 0 unspecified atom stereocenters. The molecule has 0 aliphatic heterocycles. The number of carboxylic acids is 1. The highest BCUT2D eigenvalue weighted by atomic mass is 35.5. The summed E-state index contributed by atoms with van der Waals surface area (Å²) >= 11 is 5.61. The molecule has 1 aromatic carbocycles. The molecule has 5 heteroatoms. The summed E-state index contributed by atoms with van der Waals surface area (Å²) in [6.45, 7) is 1.65. The van der Waals surface area contributed by atoms with E-state index in [0.717, 1.165) is 6.07 Å². The van der Waals surface area contributed by atoms with Gasteiger partial charge in [-0.05, 0) is 19.1 Å². The summed E-state index contributed by atoms with van der Waals surface area (Å²) in [7, 11) is 0. The average Bonchev–Trinajstić information content (AvgIpc) is 2.19. The van der Waals surface area contributed by atoms with Crippen molar-refractivity contribution < 1.29 is 14.3 Å². The fraction of sp³-hybridized carbons (Fsp3) is 0.0909. The first-order chi connectivity index (χ1) is 7.49. The molecule has 2 aromatic rings. The molecule has 0 aliphatic rings. The van der Waals surface area contributed by atoms with E-state index in [1.807, 2.05) is 0 Å². The summed E-state index contributed by atoms with van der Waals surface area (Å²) in [5.41, 5.74) is 0.885. The zero-order valence-corrected chi connectivity index (χ0v) is 9.05. The maximum Gasteiger partial charge on any atom is 0.336 e. The number of hydrogen-bond acceptors (Lipinski definition) is 2. The molecule has 0 saturated heterocycles. The normalized spacial score (nSPS) is 10.7. The van der Waals surface area contributed by atoms with E-state index >= 15 is 0 Å². The molecule has 1 heterocycles. The number of aromatic nitrogens is 1. The van der Waals surface area contributed by atoms with Crippen molar-refractivity contribution in [3.05, 3.63) is 40.3 Å². The molecule has 0 bridgehead atoms. The second kappa shape index (κ2) is 3.72. The quantitative estimate of drug-likeness (QED) is 0.832. The molecule has 82 valence electrons. The molecule has 0 aliphatic carbocycles. The van der Waals surface area contributed by atoms with Gasteiger partial charge in [0.05, 0.1) is 16.1 Å². The van der Waals surface area contributed by atoms with E-state index in [-0.39, 0.29) is 10.6 Å². The number of pyridine rings is 1. The molecule has 2 rings (SSSR count). The first-order valence-corrected chi connectivity index (χ1v) is 4.86. The van der Waals surface area contributed by atoms with Crippen molar-refractivity contribution in [1.29, 1.82) is 0 Å². The second-order valence-corrected chi connectivity index (χ2v) is 3.81. The minimum absolute atomic E-state index is 0.0735. The summed E-state index contributed by atoms with van der Waals surface area (Å²) in [5.74, 6) is -1.69. The van der Waals surface area contributed by atoms with E-state index in [2.05, 4.69) is 4.98 Å². The summed E-state index contributed by atoms with van der Waals surface area (Å²) in [6.07, 6.45) is 0. The molecule has 1 N–H and O–H groups in total. The summed E-state index contributed by atoms with van der Waals surface area (Å²) < 4.78 is 13.2. The standard InChI is InChI=1S/C11H7ClFNO2/c1-5-2-7(11(15)16)6-3-8(12)9(13)4-10(6)14-5/h2-4H,1H3,(H,15,16). The van der Waals surface area contributed by atoms with Crippen LogP contribution in [0.15, 0.2) is 18.2 Å². The number of benzene rings is 1. The van der Waals surface area contributed by atoms with Crippen LogP contribution in [0.4, 0.5) is 4.39 Å². The number of nitrogens with zero attached hydrogens (tertiary/aromatic N) is 1. The number of hydrogen-bond donors (Lipinski definition) is 1. The van der Waals surface area contributed by atoms with Gasteiger partial charge in [0.15, 0.2) is 0 Å². The average molecular weight is 240 g/mol. The smallest absolute Gasteiger partial charge is 0.336 e. The Balaban J connectivity index is 2.90. The van der Waals surface area contributed by atoms with Crippen LogP contribution in [0.1, 0.15) is 16.1 Å². The Morgan fingerprint density at radius 3 is 2.75 bits per heavy atom. The first-order valence-electron chi connectivity index (χ1n) is 4.48. The maximum absolute atomic E-state index is 13.2. The molecule has 0 radical (unpaired) electrons. The van der Waals surface area contributed by atoms with Crippen LogP contribution in [0.2, 0.25) is 5.02 Å². The third-order valence-corrected chi connectivity index (χ3v) is 2.50. The Bertz CT molecular complexity index is 598. The second-order valence-electron chi connectivity index (χ2n) is 3.40. The minimum atomic E-state index is -1.09. The monoisotopic (exact) mass is 239 g/mol. The van der Waals surface area contributed by atoms with Gasteiger partial charge in [-0.3, -0.25) is 4.98 Å². The molecular formula is C11H7ClFNO2. The lowest BCUT2D eigenvalue weighted by Crippen LogP contribution is -2.00. The zero-order valence-electron chi connectivity index (χ0n) is 8.29. The number of aromatic carboxylic acids is 1. The van der Waals surface area contributed by atoms with Gasteiger partial charge in [0.1, 0.15) is 5.82 Å². The van der Waals surface area contributed by atoms with Gasteiger partial charge in [-0.15, -0.1) is 0 Å². The Labute approximate surface area is 95.5 Å². The van der Waals surface area contributed by atoms with E-state index in [1.165, 1.54) is 12.1 Å². The van der Waals surface area contributed by atoms with Crippen molar-refractivity contribution in [3.8, 4) is 0 Å². The van der Waals surface area contributed by atoms with E-state index in [9.17, 15) is 9.18 Å². The predicted octanol–water partition coefficient (Wildman–Crippen LogP) is 3.03. The lowest BCUT2D eigenvalue weighted by molar-refractivity contribution is 0.0699. The van der Waals surface area contributed by atoms with Crippen LogP contribution < -0.4 is 0 Å². The Morgan fingerprint density at radius 1 is 1.44 bits per heavy atom. The topological polar surface area (TPSA) is 50.2 Å². The molecule has 3 nitrogen and oxygen atoms in total. The third kappa shape index (κ3) is 1.72. The third-order valence-electron chi connectivity index (χ3n) is 2.21. The van der Waals surface area contributed by atoms with Crippen LogP contribution in [0, 0.1) is 12.7 Å². The van der Waals surface area contributed by atoms with Crippen LogP contribution in [0.25, 0.3) is 10.9 Å². The van der Waals surface area contributed by atoms with Crippen LogP contribution in [-0.4, -0.2) is 16.1 Å². The van der Waals surface area contributed by atoms with Gasteiger partial charge in [0.2, 0.25) is 0 Å². The van der Waals surface area contributed by atoms with Crippen LogP contribution >= 0.6 is 11.6 Å². The van der Waals surface area contributed by atoms with E-state index in [4.69, 9.17) is 16.7 Å². The highest BCUT2D eigenvalue weighted by Crippen LogP contribution is 2.25. The van der Waals surface area contributed by atoms with Crippen molar-refractivity contribution in [1.82, 2.24) is 4.98 Å². The molecule has 1 aromatic heterocycles. The summed E-state index contributed by atoms with van der Waals surface area (Å²) in [5, 5.41) is 9.23. The highest BCUT2D eigenvalue weighted by Gasteiger charge is 2.13. The van der Waals surface area contributed by atoms with E-state index < -0.39 is 11.8 Å². The largest absolute Gasteiger partial charge is 0.478 e. The number of carboxylic acid groups (broad SMARTS) is 1. The molecule has 0 amide bonds. The van der Waals surface area contributed by atoms with E-state index in [1.54, 1.807) is 6.92 Å². The molecule has 0 atom stereocenters.